The van der Waals surface area contributed by atoms with Crippen molar-refractivity contribution < 1.29 is 10.2 Å². The van der Waals surface area contributed by atoms with Crippen molar-refractivity contribution in [2.45, 2.75) is 18.8 Å². The van der Waals surface area contributed by atoms with Crippen LogP contribution in [0.3, 0.4) is 0 Å². The third-order valence-electron chi connectivity index (χ3n) is 2.71. The Bertz CT molecular complexity index is 291. The van der Waals surface area contributed by atoms with Crippen LogP contribution in [0.1, 0.15) is 18.4 Å². The Morgan fingerprint density at radius 2 is 1.57 bits per heavy atom. The molecule has 0 unspecified atom stereocenters. The number of benzene rings is 1. The quantitative estimate of drug-likeness (QED) is 0.685. The highest BCUT2D eigenvalue weighted by Crippen LogP contribution is 2.26. The zero-order valence-corrected chi connectivity index (χ0v) is 8.06. The van der Waals surface area contributed by atoms with E-state index in [2.05, 4.69) is 0 Å². The summed E-state index contributed by atoms with van der Waals surface area (Å²) in [5.41, 5.74) is 0.543. The molecule has 3 nitrogen and oxygen atoms in total. The van der Waals surface area contributed by atoms with E-state index in [9.17, 15) is 10.2 Å². The molecular formula is C11H15NO2. The molecule has 0 spiro atoms. The summed E-state index contributed by atoms with van der Waals surface area (Å²) < 4.78 is 0. The fraction of sp³-hybridized carbons (Fsp3) is 0.455. The molecule has 2 N–H and O–H groups in total. The average Bonchev–Trinajstić information content (AvgIpc) is 2.72. The van der Waals surface area contributed by atoms with Crippen LogP contribution in [-0.4, -0.2) is 28.2 Å². The van der Waals surface area contributed by atoms with Crippen molar-refractivity contribution in [1.29, 1.82) is 0 Å². The molecule has 2 rings (SSSR count). The summed E-state index contributed by atoms with van der Waals surface area (Å²) in [5.74, 6) is -1.79. The molecule has 0 aromatic heterocycles. The first-order valence-corrected chi connectivity index (χ1v) is 4.96. The Morgan fingerprint density at radius 1 is 1.00 bits per heavy atom. The fourth-order valence-electron chi connectivity index (χ4n) is 1.87. The van der Waals surface area contributed by atoms with Crippen molar-refractivity contribution >= 4 is 0 Å². The third kappa shape index (κ3) is 1.66. The number of hydrogen-bond donors (Lipinski definition) is 2. The number of nitrogens with zero attached hydrogens (tertiary/aromatic N) is 1. The van der Waals surface area contributed by atoms with E-state index in [0.29, 0.717) is 5.56 Å². The van der Waals surface area contributed by atoms with Crippen molar-refractivity contribution in [3.05, 3.63) is 35.9 Å². The van der Waals surface area contributed by atoms with Gasteiger partial charge in [-0.15, -0.1) is 0 Å². The first-order valence-electron chi connectivity index (χ1n) is 4.96. The van der Waals surface area contributed by atoms with Gasteiger partial charge >= 0.3 is 0 Å². The SMILES string of the molecule is OC(O)(c1ccccc1)N1CCCC1. The van der Waals surface area contributed by atoms with Gasteiger partial charge in [-0.1, -0.05) is 30.3 Å². The van der Waals surface area contributed by atoms with Gasteiger partial charge in [0.25, 0.3) is 5.91 Å². The zero-order chi connectivity index (χ0) is 10.0. The lowest BCUT2D eigenvalue weighted by Crippen LogP contribution is -2.44. The van der Waals surface area contributed by atoms with Gasteiger partial charge in [-0.3, -0.25) is 0 Å². The fourth-order valence-corrected chi connectivity index (χ4v) is 1.87. The highest BCUT2D eigenvalue weighted by atomic mass is 16.5. The summed E-state index contributed by atoms with van der Waals surface area (Å²) in [6.45, 7) is 1.50. The van der Waals surface area contributed by atoms with E-state index in [0.717, 1.165) is 25.9 Å². The Hall–Kier alpha value is -0.900. The second-order valence-corrected chi connectivity index (χ2v) is 3.70. The molecule has 0 saturated carbocycles. The number of rotatable bonds is 2. The van der Waals surface area contributed by atoms with E-state index in [1.165, 1.54) is 0 Å². The molecule has 1 aromatic carbocycles. The second kappa shape index (κ2) is 3.69. The van der Waals surface area contributed by atoms with Gasteiger partial charge in [0.05, 0.1) is 0 Å². The molecule has 76 valence electrons. The molecule has 1 fully saturated rings. The predicted molar refractivity (Wildman–Crippen MR) is 53.4 cm³/mol. The van der Waals surface area contributed by atoms with E-state index in [1.807, 2.05) is 18.2 Å². The van der Waals surface area contributed by atoms with E-state index in [4.69, 9.17) is 0 Å². The molecule has 1 saturated heterocycles. The monoisotopic (exact) mass is 193 g/mol. The van der Waals surface area contributed by atoms with E-state index < -0.39 is 5.91 Å². The van der Waals surface area contributed by atoms with Gasteiger partial charge in [-0.05, 0) is 12.8 Å². The van der Waals surface area contributed by atoms with Gasteiger partial charge in [-0.2, -0.15) is 0 Å². The largest absolute Gasteiger partial charge is 0.349 e. The minimum atomic E-state index is -1.79. The molecular weight excluding hydrogens is 178 g/mol. The molecule has 0 amide bonds. The standard InChI is InChI=1S/C11H15NO2/c13-11(14,12-8-4-5-9-12)10-6-2-1-3-7-10/h1-3,6-7,13-14H,4-5,8-9H2. The second-order valence-electron chi connectivity index (χ2n) is 3.70. The van der Waals surface area contributed by atoms with Crippen LogP contribution in [0.15, 0.2) is 30.3 Å². The molecule has 0 aliphatic carbocycles. The zero-order valence-electron chi connectivity index (χ0n) is 8.06. The lowest BCUT2D eigenvalue weighted by Gasteiger charge is -2.31. The first-order chi connectivity index (χ1) is 6.71. The average molecular weight is 193 g/mol. The number of aliphatic hydroxyl groups is 2. The van der Waals surface area contributed by atoms with Gasteiger partial charge < -0.3 is 10.2 Å². The molecule has 1 heterocycles. The van der Waals surface area contributed by atoms with Crippen molar-refractivity contribution in [1.82, 2.24) is 4.90 Å². The van der Waals surface area contributed by atoms with Gasteiger partial charge in [0.1, 0.15) is 0 Å². The van der Waals surface area contributed by atoms with Crippen molar-refractivity contribution in [3.63, 3.8) is 0 Å². The molecule has 0 atom stereocenters. The normalized spacial score (nSPS) is 18.7. The maximum Gasteiger partial charge on any atom is 0.253 e. The molecule has 1 aromatic rings. The molecule has 0 radical (unpaired) electrons. The molecule has 1 aliphatic rings. The van der Waals surface area contributed by atoms with Gasteiger partial charge in [0.15, 0.2) is 0 Å². The van der Waals surface area contributed by atoms with Crippen molar-refractivity contribution in [3.8, 4) is 0 Å². The topological polar surface area (TPSA) is 43.7 Å². The van der Waals surface area contributed by atoms with Crippen LogP contribution in [0.5, 0.6) is 0 Å². The Kier molecular flexibility index (Phi) is 2.54. The van der Waals surface area contributed by atoms with E-state index in [1.54, 1.807) is 17.0 Å². The van der Waals surface area contributed by atoms with Crippen LogP contribution in [0.2, 0.25) is 0 Å². The predicted octanol–water partition coefficient (Wildman–Crippen LogP) is 0.877. The third-order valence-corrected chi connectivity index (χ3v) is 2.71. The number of likely N-dealkylation sites (tertiary alicyclic amines) is 1. The summed E-state index contributed by atoms with van der Waals surface area (Å²) in [6, 6.07) is 8.96. The van der Waals surface area contributed by atoms with E-state index >= 15 is 0 Å². The Balaban J connectivity index is 2.22. The van der Waals surface area contributed by atoms with Crippen LogP contribution in [-0.2, 0) is 5.91 Å². The number of hydrogen-bond acceptors (Lipinski definition) is 3. The molecule has 0 bridgehead atoms. The van der Waals surface area contributed by atoms with E-state index in [-0.39, 0.29) is 0 Å². The molecule has 14 heavy (non-hydrogen) atoms. The van der Waals surface area contributed by atoms with Crippen molar-refractivity contribution in [2.75, 3.05) is 13.1 Å². The first kappa shape index (κ1) is 9.65. The van der Waals surface area contributed by atoms with Crippen LogP contribution < -0.4 is 0 Å². The summed E-state index contributed by atoms with van der Waals surface area (Å²) in [5, 5.41) is 19.9. The van der Waals surface area contributed by atoms with Crippen LogP contribution in [0.4, 0.5) is 0 Å². The van der Waals surface area contributed by atoms with Gasteiger partial charge in [0.2, 0.25) is 0 Å². The summed E-state index contributed by atoms with van der Waals surface area (Å²) in [6.07, 6.45) is 2.07. The highest BCUT2D eigenvalue weighted by molar-refractivity contribution is 5.19. The minimum Gasteiger partial charge on any atom is -0.349 e. The summed E-state index contributed by atoms with van der Waals surface area (Å²) in [4.78, 5) is 1.70. The highest BCUT2D eigenvalue weighted by Gasteiger charge is 2.35. The van der Waals surface area contributed by atoms with Crippen LogP contribution >= 0.6 is 0 Å². The lowest BCUT2D eigenvalue weighted by atomic mass is 10.1. The Labute approximate surface area is 83.6 Å². The Morgan fingerprint density at radius 3 is 2.14 bits per heavy atom. The smallest absolute Gasteiger partial charge is 0.253 e. The molecule has 3 heteroatoms. The molecule has 1 aliphatic heterocycles. The van der Waals surface area contributed by atoms with Gasteiger partial charge in [0, 0.05) is 18.7 Å². The maximum absolute atomic E-state index is 9.97. The minimum absolute atomic E-state index is 0.543. The van der Waals surface area contributed by atoms with Crippen molar-refractivity contribution in [2.24, 2.45) is 0 Å². The van der Waals surface area contributed by atoms with Gasteiger partial charge in [-0.25, -0.2) is 4.90 Å². The van der Waals surface area contributed by atoms with Crippen LogP contribution in [0, 0.1) is 0 Å². The summed E-state index contributed by atoms with van der Waals surface area (Å²) in [7, 11) is 0. The lowest BCUT2D eigenvalue weighted by molar-refractivity contribution is -0.269. The maximum atomic E-state index is 9.97. The summed E-state index contributed by atoms with van der Waals surface area (Å²) >= 11 is 0. The van der Waals surface area contributed by atoms with Crippen LogP contribution in [0.25, 0.3) is 0 Å².